The molecule has 18 heavy (non-hydrogen) atoms. The zero-order valence-electron chi connectivity index (χ0n) is 11.0. The summed E-state index contributed by atoms with van der Waals surface area (Å²) in [4.78, 5) is 11.7. The molecule has 0 atom stereocenters. The van der Waals surface area contributed by atoms with Gasteiger partial charge in [0.1, 0.15) is 0 Å². The first-order valence-electron chi connectivity index (χ1n) is 6.36. The van der Waals surface area contributed by atoms with Crippen LogP contribution < -0.4 is 0 Å². The second-order valence-corrected chi connectivity index (χ2v) is 4.51. The summed E-state index contributed by atoms with van der Waals surface area (Å²) >= 11 is 0. The molecular weight excluding hydrogens is 226 g/mol. The molecule has 0 spiro atoms. The molecule has 4 nitrogen and oxygen atoms in total. The molecule has 0 N–H and O–H groups in total. The Morgan fingerprint density at radius 1 is 1.39 bits per heavy atom. The Kier molecular flexibility index (Phi) is 3.97. The summed E-state index contributed by atoms with van der Waals surface area (Å²) in [5.74, 6) is 0.233. The maximum atomic E-state index is 11.7. The number of hydrogen-bond acceptors (Lipinski definition) is 2. The number of carbonyl (C=O) groups excluding carboxylic acids is 1. The molecule has 2 heterocycles. The van der Waals surface area contributed by atoms with Crippen LogP contribution in [-0.2, 0) is 20.0 Å². The Labute approximate surface area is 107 Å². The number of ketones is 1. The lowest BCUT2D eigenvalue weighted by Crippen LogP contribution is -2.04. The van der Waals surface area contributed by atoms with Gasteiger partial charge in [-0.1, -0.05) is 6.92 Å². The maximum Gasteiger partial charge on any atom is 0.164 e. The third-order valence-corrected chi connectivity index (χ3v) is 3.10. The van der Waals surface area contributed by atoms with E-state index in [1.54, 1.807) is 6.20 Å². The topological polar surface area (TPSA) is 39.8 Å². The van der Waals surface area contributed by atoms with E-state index >= 15 is 0 Å². The van der Waals surface area contributed by atoms with Crippen LogP contribution in [0.15, 0.2) is 30.7 Å². The summed E-state index contributed by atoms with van der Waals surface area (Å²) in [6.07, 6.45) is 8.17. The molecule has 0 unspecified atom stereocenters. The largest absolute Gasteiger partial charge is 0.353 e. The normalized spacial score (nSPS) is 10.8. The van der Waals surface area contributed by atoms with Crippen molar-refractivity contribution in [1.29, 1.82) is 0 Å². The molecule has 0 aliphatic heterocycles. The van der Waals surface area contributed by atoms with Gasteiger partial charge in [0.05, 0.1) is 0 Å². The summed E-state index contributed by atoms with van der Waals surface area (Å²) in [6.45, 7) is 2.90. The zero-order chi connectivity index (χ0) is 13.0. The van der Waals surface area contributed by atoms with Crippen LogP contribution in [0.3, 0.4) is 0 Å². The molecule has 0 amide bonds. The second-order valence-electron chi connectivity index (χ2n) is 4.51. The summed E-state index contributed by atoms with van der Waals surface area (Å²) in [6, 6.07) is 3.92. The van der Waals surface area contributed by atoms with Gasteiger partial charge in [0.15, 0.2) is 5.78 Å². The first kappa shape index (κ1) is 12.6. The van der Waals surface area contributed by atoms with E-state index in [1.165, 1.54) is 5.69 Å². The van der Waals surface area contributed by atoms with Crippen LogP contribution in [0.2, 0.25) is 0 Å². The van der Waals surface area contributed by atoms with Crippen LogP contribution in [-0.4, -0.2) is 20.1 Å². The van der Waals surface area contributed by atoms with E-state index in [0.717, 1.165) is 24.9 Å². The van der Waals surface area contributed by atoms with E-state index in [9.17, 15) is 4.79 Å². The van der Waals surface area contributed by atoms with Crippen molar-refractivity contribution in [3.63, 3.8) is 0 Å². The Bertz CT molecular complexity index is 525. The SMILES string of the molecule is CCCC(=O)c1ccn(CCc2ccnn2C)c1. The molecule has 0 aromatic carbocycles. The van der Waals surface area contributed by atoms with Gasteiger partial charge in [0.2, 0.25) is 0 Å². The lowest BCUT2D eigenvalue weighted by atomic mass is 10.1. The molecule has 0 aliphatic rings. The molecule has 0 aliphatic carbocycles. The van der Waals surface area contributed by atoms with Crippen LogP contribution in [0.1, 0.15) is 35.8 Å². The van der Waals surface area contributed by atoms with Crippen LogP contribution >= 0.6 is 0 Å². The molecule has 0 saturated heterocycles. The van der Waals surface area contributed by atoms with Gasteiger partial charge >= 0.3 is 0 Å². The Hall–Kier alpha value is -1.84. The molecule has 96 valence electrons. The molecule has 0 fully saturated rings. The molecule has 2 aromatic heterocycles. The fourth-order valence-electron chi connectivity index (χ4n) is 2.01. The number of nitrogens with zero attached hydrogens (tertiary/aromatic N) is 3. The first-order valence-corrected chi connectivity index (χ1v) is 6.36. The van der Waals surface area contributed by atoms with Gasteiger partial charge in [-0.25, -0.2) is 0 Å². The smallest absolute Gasteiger partial charge is 0.164 e. The van der Waals surface area contributed by atoms with Gasteiger partial charge in [-0.2, -0.15) is 5.10 Å². The van der Waals surface area contributed by atoms with Gasteiger partial charge in [-0.15, -0.1) is 0 Å². The van der Waals surface area contributed by atoms with Crippen LogP contribution in [0, 0.1) is 0 Å². The lowest BCUT2D eigenvalue weighted by molar-refractivity contribution is 0.0981. The van der Waals surface area contributed by atoms with Crippen molar-refractivity contribution in [2.24, 2.45) is 7.05 Å². The van der Waals surface area contributed by atoms with E-state index in [2.05, 4.69) is 9.67 Å². The molecule has 2 aromatic rings. The number of Topliss-reactive ketones (excluding diaryl/α,β-unsaturated/α-hetero) is 1. The van der Waals surface area contributed by atoms with Crippen molar-refractivity contribution in [2.75, 3.05) is 0 Å². The van der Waals surface area contributed by atoms with Gasteiger partial charge < -0.3 is 4.57 Å². The van der Waals surface area contributed by atoms with Crippen LogP contribution in [0.25, 0.3) is 0 Å². The van der Waals surface area contributed by atoms with Crippen molar-refractivity contribution in [2.45, 2.75) is 32.7 Å². The molecular formula is C14H19N3O. The number of carbonyl (C=O) groups is 1. The number of rotatable bonds is 6. The van der Waals surface area contributed by atoms with Gasteiger partial charge in [0, 0.05) is 56.3 Å². The summed E-state index contributed by atoms with van der Waals surface area (Å²) in [5, 5.41) is 4.14. The maximum absolute atomic E-state index is 11.7. The minimum absolute atomic E-state index is 0.233. The average Bonchev–Trinajstić information content (AvgIpc) is 2.96. The second kappa shape index (κ2) is 5.67. The van der Waals surface area contributed by atoms with E-state index in [4.69, 9.17) is 0 Å². The Balaban J connectivity index is 1.95. The van der Waals surface area contributed by atoms with Crippen LogP contribution in [0.5, 0.6) is 0 Å². The number of aromatic nitrogens is 3. The Morgan fingerprint density at radius 2 is 2.22 bits per heavy atom. The molecule has 4 heteroatoms. The van der Waals surface area contributed by atoms with E-state index in [-0.39, 0.29) is 5.78 Å². The summed E-state index contributed by atoms with van der Waals surface area (Å²) in [7, 11) is 1.95. The van der Waals surface area contributed by atoms with Crippen molar-refractivity contribution >= 4 is 5.78 Å². The highest BCUT2D eigenvalue weighted by Crippen LogP contribution is 2.08. The molecule has 2 rings (SSSR count). The van der Waals surface area contributed by atoms with Gasteiger partial charge in [0.25, 0.3) is 0 Å². The van der Waals surface area contributed by atoms with E-state index in [1.807, 2.05) is 43.2 Å². The lowest BCUT2D eigenvalue weighted by Gasteiger charge is -2.03. The predicted molar refractivity (Wildman–Crippen MR) is 70.6 cm³/mol. The highest BCUT2D eigenvalue weighted by Gasteiger charge is 2.06. The summed E-state index contributed by atoms with van der Waals surface area (Å²) < 4.78 is 3.95. The number of hydrogen-bond donors (Lipinski definition) is 0. The standard InChI is InChI=1S/C14H19N3O/c1-3-4-14(18)12-6-9-17(11-12)10-7-13-5-8-15-16(13)2/h5-6,8-9,11H,3-4,7,10H2,1-2H3. The van der Waals surface area contributed by atoms with Gasteiger partial charge in [-0.3, -0.25) is 9.48 Å². The monoisotopic (exact) mass is 245 g/mol. The summed E-state index contributed by atoms with van der Waals surface area (Å²) in [5.41, 5.74) is 2.02. The fourth-order valence-corrected chi connectivity index (χ4v) is 2.01. The third-order valence-electron chi connectivity index (χ3n) is 3.10. The quantitative estimate of drug-likeness (QED) is 0.733. The number of aryl methyl sites for hydroxylation is 3. The van der Waals surface area contributed by atoms with Crippen molar-refractivity contribution in [1.82, 2.24) is 14.3 Å². The molecule has 0 bridgehead atoms. The fraction of sp³-hybridized carbons (Fsp3) is 0.429. The first-order chi connectivity index (χ1) is 8.70. The molecule has 0 saturated carbocycles. The van der Waals surface area contributed by atoms with Crippen LogP contribution in [0.4, 0.5) is 0 Å². The third kappa shape index (κ3) is 2.88. The van der Waals surface area contributed by atoms with Crippen molar-refractivity contribution < 1.29 is 4.79 Å². The molecule has 0 radical (unpaired) electrons. The highest BCUT2D eigenvalue weighted by atomic mass is 16.1. The van der Waals surface area contributed by atoms with Crippen molar-refractivity contribution in [3.8, 4) is 0 Å². The Morgan fingerprint density at radius 3 is 2.89 bits per heavy atom. The minimum Gasteiger partial charge on any atom is -0.353 e. The van der Waals surface area contributed by atoms with E-state index < -0.39 is 0 Å². The van der Waals surface area contributed by atoms with E-state index in [0.29, 0.717) is 6.42 Å². The predicted octanol–water partition coefficient (Wildman–Crippen LogP) is 2.45. The average molecular weight is 245 g/mol. The van der Waals surface area contributed by atoms with Crippen molar-refractivity contribution in [3.05, 3.63) is 42.0 Å². The zero-order valence-corrected chi connectivity index (χ0v) is 11.0. The van der Waals surface area contributed by atoms with Gasteiger partial charge in [-0.05, 0) is 18.6 Å². The highest BCUT2D eigenvalue weighted by molar-refractivity contribution is 5.95. The minimum atomic E-state index is 0.233.